The van der Waals surface area contributed by atoms with Crippen LogP contribution < -0.4 is 5.73 Å². The Morgan fingerprint density at radius 2 is 2.00 bits per heavy atom. The number of benzene rings is 1. The van der Waals surface area contributed by atoms with Gasteiger partial charge in [0.25, 0.3) is 0 Å². The molecule has 1 heterocycles. The average molecular weight is 356 g/mol. The van der Waals surface area contributed by atoms with Crippen molar-refractivity contribution in [2.75, 3.05) is 0 Å². The third-order valence-electron chi connectivity index (χ3n) is 5.51. The Bertz CT molecular complexity index is 932. The van der Waals surface area contributed by atoms with Crippen LogP contribution in [0.5, 0.6) is 0 Å². The second-order valence-electron chi connectivity index (χ2n) is 7.18. The number of nitrogens with two attached hydrogens (primary N) is 1. The summed E-state index contributed by atoms with van der Waals surface area (Å²) in [6.07, 6.45) is 8.14. The quantitative estimate of drug-likeness (QED) is 0.772. The predicted molar refractivity (Wildman–Crippen MR) is 110 cm³/mol. The first kappa shape index (κ1) is 18.6. The number of aromatic nitrogens is 1. The molecule has 0 fully saturated rings. The van der Waals surface area contributed by atoms with Gasteiger partial charge in [-0.3, -0.25) is 4.98 Å². The van der Waals surface area contributed by atoms with E-state index < -0.39 is 0 Å². The minimum atomic E-state index is 0.132. The highest BCUT2D eigenvalue weighted by Gasteiger charge is 2.30. The molecule has 0 bridgehead atoms. The minimum absolute atomic E-state index is 0.132. The van der Waals surface area contributed by atoms with Gasteiger partial charge in [-0.05, 0) is 42.0 Å². The number of nitrogens with one attached hydrogen (secondary N) is 1. The minimum Gasteiger partial charge on any atom is -0.402 e. The van der Waals surface area contributed by atoms with Crippen molar-refractivity contribution in [3.8, 4) is 17.2 Å². The van der Waals surface area contributed by atoms with Crippen molar-refractivity contribution in [1.29, 1.82) is 10.7 Å². The summed E-state index contributed by atoms with van der Waals surface area (Å²) in [5, 5.41) is 17.0. The van der Waals surface area contributed by atoms with E-state index in [1.54, 1.807) is 6.20 Å². The van der Waals surface area contributed by atoms with Gasteiger partial charge >= 0.3 is 0 Å². The number of hydrogen-bond donors (Lipinski definition) is 2. The first-order valence-electron chi connectivity index (χ1n) is 9.18. The number of allylic oxidation sites excluding steroid dienone is 3. The Labute approximate surface area is 160 Å². The molecule has 0 radical (unpaired) electrons. The average Bonchev–Trinajstić information content (AvgIpc) is 2.70. The van der Waals surface area contributed by atoms with Crippen molar-refractivity contribution in [3.63, 3.8) is 0 Å². The van der Waals surface area contributed by atoms with Crippen LogP contribution in [0.2, 0.25) is 0 Å². The highest BCUT2D eigenvalue weighted by Crippen LogP contribution is 2.37. The van der Waals surface area contributed by atoms with Crippen LogP contribution in [-0.4, -0.2) is 11.2 Å². The smallest absolute Gasteiger partial charge is 0.0998 e. The van der Waals surface area contributed by atoms with Crippen molar-refractivity contribution < 1.29 is 0 Å². The monoisotopic (exact) mass is 356 g/mol. The van der Waals surface area contributed by atoms with Crippen LogP contribution in [0.3, 0.4) is 0 Å². The van der Waals surface area contributed by atoms with E-state index in [1.165, 1.54) is 6.21 Å². The van der Waals surface area contributed by atoms with Gasteiger partial charge < -0.3 is 11.1 Å². The second-order valence-corrected chi connectivity index (χ2v) is 7.18. The Morgan fingerprint density at radius 3 is 2.67 bits per heavy atom. The molecular weight excluding hydrogens is 332 g/mol. The summed E-state index contributed by atoms with van der Waals surface area (Å²) in [6.45, 7) is 4.42. The molecule has 4 nitrogen and oxygen atoms in total. The lowest BCUT2D eigenvalue weighted by Gasteiger charge is -2.33. The lowest BCUT2D eigenvalue weighted by molar-refractivity contribution is 0.311. The molecule has 1 aromatic carbocycles. The summed E-state index contributed by atoms with van der Waals surface area (Å²) in [7, 11) is 0. The van der Waals surface area contributed by atoms with E-state index in [1.807, 2.05) is 42.5 Å². The van der Waals surface area contributed by atoms with Gasteiger partial charge in [0.1, 0.15) is 0 Å². The Hall–Kier alpha value is -3.19. The van der Waals surface area contributed by atoms with E-state index in [4.69, 9.17) is 11.1 Å². The summed E-state index contributed by atoms with van der Waals surface area (Å²) < 4.78 is 0. The van der Waals surface area contributed by atoms with Crippen LogP contribution in [0.4, 0.5) is 0 Å². The maximum Gasteiger partial charge on any atom is 0.0998 e. The van der Waals surface area contributed by atoms with Crippen LogP contribution in [-0.2, 0) is 0 Å². The SMILES string of the molecule is CC1CC(N)=C(C=N)C(/C=C/c2ccc(-c3ccccc3C#N)cn2)C1C. The van der Waals surface area contributed by atoms with Crippen molar-refractivity contribution >= 4 is 12.3 Å². The fourth-order valence-electron chi connectivity index (χ4n) is 3.67. The van der Waals surface area contributed by atoms with Crippen molar-refractivity contribution in [2.24, 2.45) is 23.5 Å². The van der Waals surface area contributed by atoms with Crippen LogP contribution in [0.25, 0.3) is 17.2 Å². The summed E-state index contributed by atoms with van der Waals surface area (Å²) in [5.74, 6) is 1.04. The molecule has 0 amide bonds. The molecule has 1 aliphatic rings. The van der Waals surface area contributed by atoms with E-state index in [9.17, 15) is 5.26 Å². The van der Waals surface area contributed by atoms with E-state index in [-0.39, 0.29) is 5.92 Å². The van der Waals surface area contributed by atoms with Gasteiger partial charge in [0.2, 0.25) is 0 Å². The van der Waals surface area contributed by atoms with Crippen LogP contribution in [0.15, 0.2) is 59.9 Å². The van der Waals surface area contributed by atoms with Crippen LogP contribution in [0.1, 0.15) is 31.5 Å². The van der Waals surface area contributed by atoms with Crippen molar-refractivity contribution in [3.05, 3.63) is 71.2 Å². The molecule has 1 aliphatic carbocycles. The zero-order valence-corrected chi connectivity index (χ0v) is 15.7. The van der Waals surface area contributed by atoms with E-state index >= 15 is 0 Å². The molecule has 0 saturated heterocycles. The second kappa shape index (κ2) is 8.01. The summed E-state index contributed by atoms with van der Waals surface area (Å²) in [4.78, 5) is 4.53. The summed E-state index contributed by atoms with van der Waals surface area (Å²) in [6, 6.07) is 13.7. The van der Waals surface area contributed by atoms with E-state index in [0.29, 0.717) is 17.4 Å². The third kappa shape index (κ3) is 3.83. The Balaban J connectivity index is 1.85. The highest BCUT2D eigenvalue weighted by molar-refractivity contribution is 5.79. The fourth-order valence-corrected chi connectivity index (χ4v) is 3.67. The fraction of sp³-hybridized carbons (Fsp3) is 0.261. The molecule has 3 N–H and O–H groups in total. The number of rotatable bonds is 4. The van der Waals surface area contributed by atoms with E-state index in [2.05, 4.69) is 31.0 Å². The molecule has 136 valence electrons. The molecule has 0 saturated carbocycles. The molecule has 0 aliphatic heterocycles. The molecule has 4 heteroatoms. The van der Waals surface area contributed by atoms with Gasteiger partial charge in [-0.25, -0.2) is 0 Å². The molecule has 3 unspecified atom stereocenters. The number of pyridine rings is 1. The maximum absolute atomic E-state index is 9.26. The predicted octanol–water partition coefficient (Wildman–Crippen LogP) is 4.79. The standard InChI is InChI=1S/C23H24N4/c1-15-11-23(26)22(13-25)20(16(15)2)10-9-19-8-7-18(14-27-19)21-6-4-3-5-17(21)12-24/h3-10,13-16,20,25H,11,26H2,1-2H3/b10-9+,25-13?. The molecule has 3 rings (SSSR count). The number of hydrogen-bond acceptors (Lipinski definition) is 4. The summed E-state index contributed by atoms with van der Waals surface area (Å²) in [5.41, 5.74) is 11.2. The first-order valence-corrected chi connectivity index (χ1v) is 9.18. The Kier molecular flexibility index (Phi) is 5.52. The number of nitriles is 1. The van der Waals surface area contributed by atoms with Crippen molar-refractivity contribution in [1.82, 2.24) is 4.98 Å². The summed E-state index contributed by atoms with van der Waals surface area (Å²) >= 11 is 0. The molecule has 1 aromatic heterocycles. The van der Waals surface area contributed by atoms with Crippen LogP contribution >= 0.6 is 0 Å². The maximum atomic E-state index is 9.26. The van der Waals surface area contributed by atoms with Crippen molar-refractivity contribution in [2.45, 2.75) is 20.3 Å². The van der Waals surface area contributed by atoms with Gasteiger partial charge in [-0.1, -0.05) is 44.2 Å². The lowest BCUT2D eigenvalue weighted by atomic mass is 9.72. The zero-order chi connectivity index (χ0) is 19.4. The zero-order valence-electron chi connectivity index (χ0n) is 15.7. The third-order valence-corrected chi connectivity index (χ3v) is 5.51. The highest BCUT2D eigenvalue weighted by atomic mass is 14.7. The number of nitrogens with zero attached hydrogens (tertiary/aromatic N) is 2. The van der Waals surface area contributed by atoms with Gasteiger partial charge in [-0.15, -0.1) is 0 Å². The molecule has 0 spiro atoms. The first-order chi connectivity index (χ1) is 13.0. The normalized spacial score (nSPS) is 22.6. The molecule has 27 heavy (non-hydrogen) atoms. The molecule has 2 aromatic rings. The topological polar surface area (TPSA) is 86.5 Å². The molecule has 3 atom stereocenters. The lowest BCUT2D eigenvalue weighted by Crippen LogP contribution is -2.29. The Morgan fingerprint density at radius 1 is 1.22 bits per heavy atom. The largest absolute Gasteiger partial charge is 0.402 e. The van der Waals surface area contributed by atoms with E-state index in [0.717, 1.165) is 34.5 Å². The molecular formula is C23H24N4. The van der Waals surface area contributed by atoms with Gasteiger partial charge in [-0.2, -0.15) is 5.26 Å². The van der Waals surface area contributed by atoms with Gasteiger partial charge in [0, 0.05) is 35.2 Å². The van der Waals surface area contributed by atoms with Gasteiger partial charge in [0.05, 0.1) is 17.3 Å². The van der Waals surface area contributed by atoms with Gasteiger partial charge in [0.15, 0.2) is 0 Å². The van der Waals surface area contributed by atoms with Crippen LogP contribution in [0, 0.1) is 34.5 Å².